The van der Waals surface area contributed by atoms with Crippen molar-refractivity contribution in [2.75, 3.05) is 7.11 Å². The Kier molecular flexibility index (Phi) is 2.80. The molecule has 0 aromatic heterocycles. The summed E-state index contributed by atoms with van der Waals surface area (Å²) >= 11 is 0. The number of ether oxygens (including phenoxy) is 1. The minimum atomic E-state index is -0.724. The molecule has 2 unspecified atom stereocenters. The molecule has 0 heterocycles. The van der Waals surface area contributed by atoms with E-state index >= 15 is 0 Å². The van der Waals surface area contributed by atoms with Gasteiger partial charge in [-0.05, 0) is 6.42 Å². The van der Waals surface area contributed by atoms with E-state index in [0.717, 1.165) is 0 Å². The van der Waals surface area contributed by atoms with Crippen LogP contribution in [0.25, 0.3) is 0 Å². The van der Waals surface area contributed by atoms with Crippen LogP contribution in [0.15, 0.2) is 0 Å². The third-order valence-electron chi connectivity index (χ3n) is 2.36. The molecule has 1 aliphatic carbocycles. The first kappa shape index (κ1) is 9.89. The topological polar surface area (TPSA) is 60.4 Å². The summed E-state index contributed by atoms with van der Waals surface area (Å²) in [6, 6.07) is 0. The molecular formula is C9H12O4. The fourth-order valence-corrected chi connectivity index (χ4v) is 1.46. The van der Waals surface area contributed by atoms with Crippen LogP contribution in [0.3, 0.4) is 0 Å². The van der Waals surface area contributed by atoms with Gasteiger partial charge in [-0.3, -0.25) is 14.4 Å². The van der Waals surface area contributed by atoms with Crippen molar-refractivity contribution in [3.63, 3.8) is 0 Å². The molecule has 0 aliphatic heterocycles. The van der Waals surface area contributed by atoms with Crippen LogP contribution in [0.1, 0.15) is 19.8 Å². The van der Waals surface area contributed by atoms with E-state index in [-0.39, 0.29) is 23.9 Å². The highest BCUT2D eigenvalue weighted by Gasteiger charge is 2.37. The predicted octanol–water partition coefficient (Wildman–Crippen LogP) is 0.344. The van der Waals surface area contributed by atoms with Crippen LogP contribution in [0, 0.1) is 11.8 Å². The maximum absolute atomic E-state index is 11.2. The van der Waals surface area contributed by atoms with Gasteiger partial charge in [-0.25, -0.2) is 0 Å². The molecule has 13 heavy (non-hydrogen) atoms. The minimum Gasteiger partial charge on any atom is -0.468 e. The van der Waals surface area contributed by atoms with Gasteiger partial charge in [-0.2, -0.15) is 0 Å². The van der Waals surface area contributed by atoms with Crippen molar-refractivity contribution in [3.05, 3.63) is 0 Å². The second-order valence-electron chi connectivity index (χ2n) is 3.32. The van der Waals surface area contributed by atoms with Crippen molar-refractivity contribution in [2.24, 2.45) is 11.8 Å². The van der Waals surface area contributed by atoms with Crippen molar-refractivity contribution >= 4 is 17.5 Å². The zero-order valence-electron chi connectivity index (χ0n) is 7.70. The zero-order valence-corrected chi connectivity index (χ0v) is 7.70. The van der Waals surface area contributed by atoms with Gasteiger partial charge >= 0.3 is 5.97 Å². The van der Waals surface area contributed by atoms with Crippen molar-refractivity contribution in [3.8, 4) is 0 Å². The van der Waals surface area contributed by atoms with E-state index in [1.807, 2.05) is 0 Å². The molecule has 0 aromatic carbocycles. The lowest BCUT2D eigenvalue weighted by Crippen LogP contribution is -2.36. The van der Waals surface area contributed by atoms with E-state index in [0.29, 0.717) is 6.42 Å². The van der Waals surface area contributed by atoms with Gasteiger partial charge in [0, 0.05) is 5.92 Å². The van der Waals surface area contributed by atoms with Crippen molar-refractivity contribution in [2.45, 2.75) is 19.8 Å². The first-order chi connectivity index (χ1) is 6.06. The van der Waals surface area contributed by atoms with Crippen LogP contribution < -0.4 is 0 Å². The van der Waals surface area contributed by atoms with Gasteiger partial charge in [0.25, 0.3) is 0 Å². The first-order valence-corrected chi connectivity index (χ1v) is 4.19. The Bertz CT molecular complexity index is 256. The van der Waals surface area contributed by atoms with Gasteiger partial charge in [0.2, 0.25) is 0 Å². The molecule has 4 heteroatoms. The fourth-order valence-electron chi connectivity index (χ4n) is 1.46. The molecule has 0 spiro atoms. The number of methoxy groups -OCH3 is 1. The molecule has 0 aromatic rings. The van der Waals surface area contributed by atoms with Gasteiger partial charge in [0.05, 0.1) is 13.5 Å². The van der Waals surface area contributed by atoms with Crippen LogP contribution in [-0.2, 0) is 19.1 Å². The Balaban J connectivity index is 2.72. The third-order valence-corrected chi connectivity index (χ3v) is 2.36. The summed E-state index contributed by atoms with van der Waals surface area (Å²) in [5.74, 6) is -1.84. The van der Waals surface area contributed by atoms with Crippen LogP contribution in [0.5, 0.6) is 0 Å². The summed E-state index contributed by atoms with van der Waals surface area (Å²) in [5.41, 5.74) is 0. The van der Waals surface area contributed by atoms with Gasteiger partial charge in [0.15, 0.2) is 5.78 Å². The van der Waals surface area contributed by atoms with Crippen LogP contribution >= 0.6 is 0 Å². The van der Waals surface area contributed by atoms with E-state index in [1.54, 1.807) is 6.92 Å². The van der Waals surface area contributed by atoms with Crippen molar-refractivity contribution < 1.29 is 19.1 Å². The molecule has 0 radical (unpaired) electrons. The Morgan fingerprint density at radius 3 is 2.54 bits per heavy atom. The molecular weight excluding hydrogens is 172 g/mol. The zero-order chi connectivity index (χ0) is 10.0. The molecule has 72 valence electrons. The SMILES string of the molecule is COC(=O)C1CC(C)C(=O)CC1=O. The van der Waals surface area contributed by atoms with Gasteiger partial charge in [-0.15, -0.1) is 0 Å². The molecule has 2 atom stereocenters. The lowest BCUT2D eigenvalue weighted by Gasteiger charge is -2.22. The molecule has 0 bridgehead atoms. The number of carbonyl (C=O) groups is 3. The van der Waals surface area contributed by atoms with Gasteiger partial charge < -0.3 is 4.74 Å². The molecule has 0 amide bonds. The quantitative estimate of drug-likeness (QED) is 0.435. The van der Waals surface area contributed by atoms with E-state index < -0.39 is 11.9 Å². The predicted molar refractivity (Wildman–Crippen MR) is 43.9 cm³/mol. The number of Topliss-reactive ketones (excluding diaryl/α,β-unsaturated/α-hetero) is 2. The van der Waals surface area contributed by atoms with Crippen molar-refractivity contribution in [1.82, 2.24) is 0 Å². The summed E-state index contributed by atoms with van der Waals surface area (Å²) in [5, 5.41) is 0. The van der Waals surface area contributed by atoms with Gasteiger partial charge in [-0.1, -0.05) is 6.92 Å². The van der Waals surface area contributed by atoms with Crippen LogP contribution in [0.4, 0.5) is 0 Å². The molecule has 1 aliphatic rings. The lowest BCUT2D eigenvalue weighted by atomic mass is 9.80. The molecule has 0 saturated heterocycles. The van der Waals surface area contributed by atoms with Crippen molar-refractivity contribution in [1.29, 1.82) is 0 Å². The summed E-state index contributed by atoms with van der Waals surface area (Å²) in [7, 11) is 1.25. The summed E-state index contributed by atoms with van der Waals surface area (Å²) < 4.78 is 4.47. The number of rotatable bonds is 1. The fraction of sp³-hybridized carbons (Fsp3) is 0.667. The normalized spacial score (nSPS) is 28.8. The molecule has 1 fully saturated rings. The van der Waals surface area contributed by atoms with Crippen LogP contribution in [-0.4, -0.2) is 24.6 Å². The maximum Gasteiger partial charge on any atom is 0.316 e. The number of ketones is 2. The monoisotopic (exact) mass is 184 g/mol. The first-order valence-electron chi connectivity index (χ1n) is 4.19. The highest BCUT2D eigenvalue weighted by molar-refractivity contribution is 6.10. The third kappa shape index (κ3) is 1.94. The molecule has 0 N–H and O–H groups in total. The Morgan fingerprint density at radius 2 is 2.00 bits per heavy atom. The summed E-state index contributed by atoms with van der Waals surface area (Å²) in [6.07, 6.45) is 0.172. The van der Waals surface area contributed by atoms with E-state index in [2.05, 4.69) is 4.74 Å². The Hall–Kier alpha value is -1.19. The summed E-state index contributed by atoms with van der Waals surface area (Å²) in [4.78, 5) is 33.4. The highest BCUT2D eigenvalue weighted by Crippen LogP contribution is 2.24. The van der Waals surface area contributed by atoms with E-state index in [9.17, 15) is 14.4 Å². The largest absolute Gasteiger partial charge is 0.468 e. The van der Waals surface area contributed by atoms with E-state index in [1.165, 1.54) is 7.11 Å². The number of hydrogen-bond donors (Lipinski definition) is 0. The number of carbonyl (C=O) groups excluding carboxylic acids is 3. The second kappa shape index (κ2) is 3.68. The molecule has 1 saturated carbocycles. The number of esters is 1. The standard InChI is InChI=1S/C9H12O4/c1-5-3-6(9(12)13-2)8(11)4-7(5)10/h5-6H,3-4H2,1-2H3. The highest BCUT2D eigenvalue weighted by atomic mass is 16.5. The molecule has 1 rings (SSSR count). The maximum atomic E-state index is 11.2. The second-order valence-corrected chi connectivity index (χ2v) is 3.32. The Labute approximate surface area is 76.3 Å². The average molecular weight is 184 g/mol. The molecule has 4 nitrogen and oxygen atoms in total. The average Bonchev–Trinajstić information content (AvgIpc) is 2.10. The smallest absolute Gasteiger partial charge is 0.316 e. The Morgan fingerprint density at radius 1 is 1.38 bits per heavy atom. The van der Waals surface area contributed by atoms with Crippen LogP contribution in [0.2, 0.25) is 0 Å². The van der Waals surface area contributed by atoms with Gasteiger partial charge in [0.1, 0.15) is 11.7 Å². The summed E-state index contributed by atoms with van der Waals surface area (Å²) in [6.45, 7) is 1.73. The van der Waals surface area contributed by atoms with E-state index in [4.69, 9.17) is 0 Å². The lowest BCUT2D eigenvalue weighted by molar-refractivity contribution is -0.152. The minimum absolute atomic E-state index is 0.0786. The number of hydrogen-bond acceptors (Lipinski definition) is 4.